The number of aliphatic hydroxyl groups excluding tert-OH is 1. The summed E-state index contributed by atoms with van der Waals surface area (Å²) in [5.74, 6) is -1.13. The highest BCUT2D eigenvalue weighted by Crippen LogP contribution is 2.21. The minimum atomic E-state index is -0.784. The van der Waals surface area contributed by atoms with Gasteiger partial charge in [0.1, 0.15) is 0 Å². The van der Waals surface area contributed by atoms with Gasteiger partial charge in [-0.05, 0) is 23.6 Å². The molecular formula is C16H19BrN2O4. The van der Waals surface area contributed by atoms with E-state index in [-0.39, 0.29) is 49.4 Å². The Morgan fingerprint density at radius 2 is 1.87 bits per heavy atom. The maximum absolute atomic E-state index is 12.2. The molecule has 2 N–H and O–H groups in total. The summed E-state index contributed by atoms with van der Waals surface area (Å²) in [6.07, 6.45) is -0.294. The summed E-state index contributed by atoms with van der Waals surface area (Å²) < 4.78 is 0.915. The SMILES string of the molecule is CN(CC(O)c1ccc(Br)cc1)C(=O)CC1CC(=O)NC(=O)C1. The van der Waals surface area contributed by atoms with Crippen molar-refractivity contribution in [3.05, 3.63) is 34.3 Å². The van der Waals surface area contributed by atoms with E-state index in [2.05, 4.69) is 21.2 Å². The van der Waals surface area contributed by atoms with Gasteiger partial charge in [-0.25, -0.2) is 0 Å². The molecule has 1 heterocycles. The van der Waals surface area contributed by atoms with Crippen molar-refractivity contribution in [2.75, 3.05) is 13.6 Å². The van der Waals surface area contributed by atoms with Gasteiger partial charge in [-0.15, -0.1) is 0 Å². The first kappa shape index (κ1) is 17.6. The number of benzene rings is 1. The van der Waals surface area contributed by atoms with Crippen molar-refractivity contribution in [3.63, 3.8) is 0 Å². The van der Waals surface area contributed by atoms with Crippen LogP contribution in [0, 0.1) is 5.92 Å². The largest absolute Gasteiger partial charge is 0.387 e. The van der Waals surface area contributed by atoms with Gasteiger partial charge in [0.15, 0.2) is 0 Å². The molecule has 0 radical (unpaired) electrons. The smallest absolute Gasteiger partial charge is 0.226 e. The summed E-state index contributed by atoms with van der Waals surface area (Å²) in [6.45, 7) is 0.160. The number of imide groups is 1. The number of carbonyl (C=O) groups is 3. The fourth-order valence-corrected chi connectivity index (χ4v) is 2.82. The number of nitrogens with zero attached hydrogens (tertiary/aromatic N) is 1. The molecule has 1 aliphatic rings. The molecule has 0 aromatic heterocycles. The second-order valence-corrected chi connectivity index (χ2v) is 6.71. The van der Waals surface area contributed by atoms with Crippen molar-refractivity contribution < 1.29 is 19.5 Å². The van der Waals surface area contributed by atoms with Gasteiger partial charge >= 0.3 is 0 Å². The number of likely N-dealkylation sites (N-methyl/N-ethyl adjacent to an activating group) is 1. The Hall–Kier alpha value is -1.73. The van der Waals surface area contributed by atoms with Gasteiger partial charge in [0, 0.05) is 30.8 Å². The topological polar surface area (TPSA) is 86.7 Å². The van der Waals surface area contributed by atoms with E-state index in [0.29, 0.717) is 0 Å². The number of hydrogen-bond donors (Lipinski definition) is 2. The fraction of sp³-hybridized carbons (Fsp3) is 0.438. The van der Waals surface area contributed by atoms with Crippen LogP contribution in [-0.4, -0.2) is 41.3 Å². The lowest BCUT2D eigenvalue weighted by molar-refractivity contribution is -0.137. The summed E-state index contributed by atoms with van der Waals surface area (Å²) in [5, 5.41) is 12.4. The van der Waals surface area contributed by atoms with E-state index in [0.717, 1.165) is 10.0 Å². The van der Waals surface area contributed by atoms with Crippen LogP contribution in [0.2, 0.25) is 0 Å². The summed E-state index contributed by atoms with van der Waals surface area (Å²) >= 11 is 3.33. The molecule has 1 unspecified atom stereocenters. The molecule has 23 heavy (non-hydrogen) atoms. The number of carbonyl (C=O) groups excluding carboxylic acids is 3. The van der Waals surface area contributed by atoms with E-state index in [1.54, 1.807) is 19.2 Å². The van der Waals surface area contributed by atoms with Crippen LogP contribution in [0.25, 0.3) is 0 Å². The molecule has 7 heteroatoms. The van der Waals surface area contributed by atoms with Crippen LogP contribution in [0.5, 0.6) is 0 Å². The standard InChI is InChI=1S/C16H19BrN2O4/c1-19(9-13(20)11-2-4-12(17)5-3-11)16(23)8-10-6-14(21)18-15(22)7-10/h2-5,10,13,20H,6-9H2,1H3,(H,18,21,22). The summed E-state index contributed by atoms with van der Waals surface area (Å²) in [7, 11) is 1.61. The third kappa shape index (κ3) is 5.14. The van der Waals surface area contributed by atoms with Crippen LogP contribution in [0.4, 0.5) is 0 Å². The maximum atomic E-state index is 12.2. The highest BCUT2D eigenvalue weighted by Gasteiger charge is 2.28. The monoisotopic (exact) mass is 382 g/mol. The molecule has 2 rings (SSSR count). The van der Waals surface area contributed by atoms with Crippen molar-refractivity contribution >= 4 is 33.7 Å². The van der Waals surface area contributed by atoms with Crippen molar-refractivity contribution in [1.82, 2.24) is 10.2 Å². The lowest BCUT2D eigenvalue weighted by atomic mass is 9.93. The third-order valence-electron chi connectivity index (χ3n) is 3.82. The Morgan fingerprint density at radius 1 is 1.30 bits per heavy atom. The molecule has 0 spiro atoms. The van der Waals surface area contributed by atoms with E-state index in [9.17, 15) is 19.5 Å². The Balaban J connectivity index is 1.88. The molecule has 3 amide bonds. The Bertz CT molecular complexity index is 587. The second-order valence-electron chi connectivity index (χ2n) is 5.79. The fourth-order valence-electron chi connectivity index (χ4n) is 2.55. The number of aliphatic hydroxyl groups is 1. The molecule has 1 saturated heterocycles. The van der Waals surface area contributed by atoms with Gasteiger partial charge in [-0.2, -0.15) is 0 Å². The van der Waals surface area contributed by atoms with Gasteiger partial charge in [0.2, 0.25) is 17.7 Å². The van der Waals surface area contributed by atoms with Crippen LogP contribution in [0.15, 0.2) is 28.7 Å². The highest BCUT2D eigenvalue weighted by molar-refractivity contribution is 9.10. The molecule has 1 aromatic rings. The number of piperidine rings is 1. The van der Waals surface area contributed by atoms with Gasteiger partial charge < -0.3 is 10.0 Å². The number of nitrogens with one attached hydrogen (secondary N) is 1. The average Bonchev–Trinajstić information content (AvgIpc) is 2.46. The minimum absolute atomic E-state index is 0.128. The van der Waals surface area contributed by atoms with E-state index in [4.69, 9.17) is 0 Å². The van der Waals surface area contributed by atoms with Crippen LogP contribution >= 0.6 is 15.9 Å². The zero-order valence-corrected chi connectivity index (χ0v) is 14.4. The Labute approximate surface area is 143 Å². The molecular weight excluding hydrogens is 364 g/mol. The molecule has 124 valence electrons. The van der Waals surface area contributed by atoms with Crippen molar-refractivity contribution in [2.24, 2.45) is 5.92 Å². The predicted molar refractivity (Wildman–Crippen MR) is 87.2 cm³/mol. The first-order valence-electron chi connectivity index (χ1n) is 7.35. The number of hydrogen-bond acceptors (Lipinski definition) is 4. The number of rotatable bonds is 5. The van der Waals surface area contributed by atoms with Gasteiger partial charge in [0.25, 0.3) is 0 Å². The molecule has 1 fully saturated rings. The molecule has 0 bridgehead atoms. The van der Waals surface area contributed by atoms with Crippen molar-refractivity contribution in [2.45, 2.75) is 25.4 Å². The van der Waals surface area contributed by atoms with Crippen LogP contribution < -0.4 is 5.32 Å². The lowest BCUT2D eigenvalue weighted by Crippen LogP contribution is -2.40. The van der Waals surface area contributed by atoms with Gasteiger partial charge in [0.05, 0.1) is 12.6 Å². The van der Waals surface area contributed by atoms with Gasteiger partial charge in [-0.1, -0.05) is 28.1 Å². The average molecular weight is 383 g/mol. The maximum Gasteiger partial charge on any atom is 0.226 e. The number of halogens is 1. The first-order chi connectivity index (χ1) is 10.8. The lowest BCUT2D eigenvalue weighted by Gasteiger charge is -2.25. The zero-order valence-electron chi connectivity index (χ0n) is 12.8. The van der Waals surface area contributed by atoms with Crippen LogP contribution in [-0.2, 0) is 14.4 Å². The first-order valence-corrected chi connectivity index (χ1v) is 8.14. The molecule has 6 nitrogen and oxygen atoms in total. The van der Waals surface area contributed by atoms with Crippen LogP contribution in [0.1, 0.15) is 30.9 Å². The molecule has 1 aromatic carbocycles. The van der Waals surface area contributed by atoms with Crippen molar-refractivity contribution in [1.29, 1.82) is 0 Å². The highest BCUT2D eigenvalue weighted by atomic mass is 79.9. The van der Waals surface area contributed by atoms with Gasteiger partial charge in [-0.3, -0.25) is 19.7 Å². The third-order valence-corrected chi connectivity index (χ3v) is 4.35. The zero-order chi connectivity index (χ0) is 17.0. The Kier molecular flexibility index (Phi) is 5.90. The van der Waals surface area contributed by atoms with Crippen LogP contribution in [0.3, 0.4) is 0 Å². The predicted octanol–water partition coefficient (Wildman–Crippen LogP) is 1.38. The van der Waals surface area contributed by atoms with Crippen molar-refractivity contribution in [3.8, 4) is 0 Å². The summed E-state index contributed by atoms with van der Waals surface area (Å²) in [4.78, 5) is 36.3. The van der Waals surface area contributed by atoms with E-state index in [1.807, 2.05) is 12.1 Å². The quantitative estimate of drug-likeness (QED) is 0.753. The minimum Gasteiger partial charge on any atom is -0.387 e. The van der Waals surface area contributed by atoms with E-state index < -0.39 is 6.10 Å². The normalized spacial score (nSPS) is 16.8. The second kappa shape index (κ2) is 7.70. The molecule has 1 atom stereocenters. The van der Waals surface area contributed by atoms with E-state index >= 15 is 0 Å². The van der Waals surface area contributed by atoms with E-state index in [1.165, 1.54) is 4.90 Å². The molecule has 0 saturated carbocycles. The summed E-state index contributed by atoms with van der Waals surface area (Å²) in [6, 6.07) is 7.23. The number of amides is 3. The summed E-state index contributed by atoms with van der Waals surface area (Å²) in [5.41, 5.74) is 0.722. The Morgan fingerprint density at radius 3 is 2.43 bits per heavy atom. The molecule has 1 aliphatic heterocycles. The molecule has 0 aliphatic carbocycles.